The average Bonchev–Trinajstić information content (AvgIpc) is 2.90. The van der Waals surface area contributed by atoms with Crippen molar-refractivity contribution in [2.45, 2.75) is 6.54 Å². The van der Waals surface area contributed by atoms with E-state index in [9.17, 15) is 0 Å². The molecule has 1 aliphatic rings. The minimum atomic E-state index is 0.828. The molecule has 4 rings (SSSR count). The number of imidazole rings is 1. The van der Waals surface area contributed by atoms with Crippen molar-refractivity contribution in [2.24, 2.45) is 0 Å². The average molecular weight is 346 g/mol. The number of fused-ring (bicyclic) bond motifs is 3. The molecule has 1 saturated heterocycles. The summed E-state index contributed by atoms with van der Waals surface area (Å²) in [6.07, 6.45) is 2.08. The minimum absolute atomic E-state index is 0.828. The lowest BCUT2D eigenvalue weighted by atomic mass is 10.1. The highest BCUT2D eigenvalue weighted by molar-refractivity contribution is 9.10. The highest BCUT2D eigenvalue weighted by Gasteiger charge is 2.15. The Morgan fingerprint density at radius 1 is 1.14 bits per heavy atom. The van der Waals surface area contributed by atoms with Crippen molar-refractivity contribution in [3.05, 3.63) is 46.6 Å². The molecule has 5 heteroatoms. The van der Waals surface area contributed by atoms with Crippen molar-refractivity contribution in [3.63, 3.8) is 0 Å². The molecule has 0 unspecified atom stereocenters. The van der Waals surface area contributed by atoms with Gasteiger partial charge in [0.15, 0.2) is 5.65 Å². The Bertz CT molecular complexity index is 793. The smallest absolute Gasteiger partial charge is 0.152 e. The van der Waals surface area contributed by atoms with Gasteiger partial charge in [-0.1, -0.05) is 12.1 Å². The van der Waals surface area contributed by atoms with E-state index in [1.807, 2.05) is 12.1 Å². The molecule has 3 heterocycles. The van der Waals surface area contributed by atoms with E-state index in [1.165, 1.54) is 11.1 Å². The fourth-order valence-electron chi connectivity index (χ4n) is 2.95. The number of hydrogen-bond donors (Lipinski definition) is 0. The predicted octanol–water partition coefficient (Wildman–Crippen LogP) is 3.08. The van der Waals surface area contributed by atoms with Crippen molar-refractivity contribution in [1.29, 1.82) is 0 Å². The third kappa shape index (κ3) is 2.35. The molecular formula is C16H16BrN3O. The summed E-state index contributed by atoms with van der Waals surface area (Å²) in [5, 5.41) is 0. The summed E-state index contributed by atoms with van der Waals surface area (Å²) in [6, 6.07) is 10.5. The number of pyridine rings is 1. The maximum Gasteiger partial charge on any atom is 0.152 e. The third-order valence-corrected chi connectivity index (χ3v) is 4.60. The van der Waals surface area contributed by atoms with Crippen LogP contribution in [-0.2, 0) is 11.3 Å². The van der Waals surface area contributed by atoms with Crippen LogP contribution in [0.15, 0.2) is 41.0 Å². The van der Waals surface area contributed by atoms with Gasteiger partial charge in [-0.05, 0) is 39.7 Å². The molecule has 0 bridgehead atoms. The lowest BCUT2D eigenvalue weighted by Crippen LogP contribution is -2.35. The van der Waals surface area contributed by atoms with Crippen LogP contribution in [0.2, 0.25) is 0 Å². The highest BCUT2D eigenvalue weighted by atomic mass is 79.9. The Hall–Kier alpha value is -1.43. The van der Waals surface area contributed by atoms with Crippen molar-refractivity contribution < 1.29 is 4.74 Å². The van der Waals surface area contributed by atoms with Gasteiger partial charge in [-0.2, -0.15) is 0 Å². The molecule has 1 aromatic carbocycles. The van der Waals surface area contributed by atoms with Crippen LogP contribution in [0.3, 0.4) is 0 Å². The zero-order valence-electron chi connectivity index (χ0n) is 11.6. The molecule has 3 aromatic rings. The van der Waals surface area contributed by atoms with Crippen LogP contribution in [0.25, 0.3) is 16.7 Å². The first kappa shape index (κ1) is 13.2. The Morgan fingerprint density at radius 2 is 2.00 bits per heavy atom. The summed E-state index contributed by atoms with van der Waals surface area (Å²) in [7, 11) is 0. The SMILES string of the molecule is Brc1cccn2c1nc1cccc(CN3CCOCC3)c12. The van der Waals surface area contributed by atoms with Crippen LogP contribution in [-0.4, -0.2) is 40.6 Å². The first-order valence-electron chi connectivity index (χ1n) is 7.17. The second kappa shape index (κ2) is 5.40. The maximum absolute atomic E-state index is 5.43. The van der Waals surface area contributed by atoms with Gasteiger partial charge in [-0.15, -0.1) is 0 Å². The second-order valence-electron chi connectivity index (χ2n) is 5.33. The molecule has 0 saturated carbocycles. The topological polar surface area (TPSA) is 29.8 Å². The monoisotopic (exact) mass is 345 g/mol. The molecule has 0 aliphatic carbocycles. The molecule has 0 N–H and O–H groups in total. The van der Waals surface area contributed by atoms with Gasteiger partial charge in [0.05, 0.1) is 28.7 Å². The summed E-state index contributed by atoms with van der Waals surface area (Å²) in [6.45, 7) is 4.60. The number of para-hydroxylation sites is 1. The van der Waals surface area contributed by atoms with Crippen LogP contribution in [0.1, 0.15) is 5.56 Å². The Labute approximate surface area is 131 Å². The number of rotatable bonds is 2. The summed E-state index contributed by atoms with van der Waals surface area (Å²) >= 11 is 3.59. The minimum Gasteiger partial charge on any atom is -0.379 e. The van der Waals surface area contributed by atoms with E-state index in [1.54, 1.807) is 0 Å². The normalized spacial score (nSPS) is 16.8. The first-order chi connectivity index (χ1) is 10.3. The molecule has 0 spiro atoms. The number of morpholine rings is 1. The molecule has 1 aliphatic heterocycles. The Morgan fingerprint density at radius 3 is 2.86 bits per heavy atom. The number of ether oxygens (including phenoxy) is 1. The van der Waals surface area contributed by atoms with E-state index in [-0.39, 0.29) is 0 Å². The van der Waals surface area contributed by atoms with Crippen LogP contribution < -0.4 is 0 Å². The van der Waals surface area contributed by atoms with E-state index in [0.29, 0.717) is 0 Å². The van der Waals surface area contributed by atoms with Crippen molar-refractivity contribution >= 4 is 32.6 Å². The summed E-state index contributed by atoms with van der Waals surface area (Å²) in [5.74, 6) is 0. The predicted molar refractivity (Wildman–Crippen MR) is 86.5 cm³/mol. The quantitative estimate of drug-likeness (QED) is 0.714. The molecule has 0 radical (unpaired) electrons. The van der Waals surface area contributed by atoms with Crippen LogP contribution >= 0.6 is 15.9 Å². The van der Waals surface area contributed by atoms with E-state index in [0.717, 1.165) is 48.5 Å². The summed E-state index contributed by atoms with van der Waals surface area (Å²) in [5.41, 5.74) is 4.55. The number of halogens is 1. The van der Waals surface area contributed by atoms with Crippen LogP contribution in [0.5, 0.6) is 0 Å². The molecule has 0 amide bonds. The van der Waals surface area contributed by atoms with E-state index in [4.69, 9.17) is 9.72 Å². The van der Waals surface area contributed by atoms with E-state index < -0.39 is 0 Å². The van der Waals surface area contributed by atoms with Gasteiger partial charge in [0, 0.05) is 25.8 Å². The van der Waals surface area contributed by atoms with Gasteiger partial charge < -0.3 is 4.74 Å². The molecule has 2 aromatic heterocycles. The number of hydrogen-bond acceptors (Lipinski definition) is 3. The van der Waals surface area contributed by atoms with E-state index >= 15 is 0 Å². The van der Waals surface area contributed by atoms with E-state index in [2.05, 4.69) is 49.6 Å². The van der Waals surface area contributed by atoms with Crippen molar-refractivity contribution in [3.8, 4) is 0 Å². The molecule has 21 heavy (non-hydrogen) atoms. The third-order valence-electron chi connectivity index (χ3n) is 3.98. The van der Waals surface area contributed by atoms with Gasteiger partial charge in [0.25, 0.3) is 0 Å². The largest absolute Gasteiger partial charge is 0.379 e. The van der Waals surface area contributed by atoms with Crippen molar-refractivity contribution in [1.82, 2.24) is 14.3 Å². The Kier molecular flexibility index (Phi) is 3.41. The standard InChI is InChI=1S/C16H16BrN3O/c17-13-4-2-6-20-15-12(11-19-7-9-21-10-8-19)3-1-5-14(15)18-16(13)20/h1-6H,7-11H2. The fourth-order valence-corrected chi connectivity index (χ4v) is 3.38. The maximum atomic E-state index is 5.43. The second-order valence-corrected chi connectivity index (χ2v) is 6.19. The molecule has 1 fully saturated rings. The molecule has 4 nitrogen and oxygen atoms in total. The van der Waals surface area contributed by atoms with Gasteiger partial charge in [0.1, 0.15) is 0 Å². The molecule has 0 atom stereocenters. The van der Waals surface area contributed by atoms with Crippen LogP contribution in [0.4, 0.5) is 0 Å². The van der Waals surface area contributed by atoms with Gasteiger partial charge >= 0.3 is 0 Å². The first-order valence-corrected chi connectivity index (χ1v) is 7.96. The van der Waals surface area contributed by atoms with Gasteiger partial charge in [-0.3, -0.25) is 9.30 Å². The fraction of sp³-hybridized carbons (Fsp3) is 0.312. The summed E-state index contributed by atoms with van der Waals surface area (Å²) in [4.78, 5) is 7.18. The zero-order chi connectivity index (χ0) is 14.2. The number of benzene rings is 1. The number of aromatic nitrogens is 2. The molecule has 108 valence electrons. The number of nitrogens with zero attached hydrogens (tertiary/aromatic N) is 3. The summed E-state index contributed by atoms with van der Waals surface area (Å²) < 4.78 is 8.63. The lowest BCUT2D eigenvalue weighted by molar-refractivity contribution is 0.0343. The van der Waals surface area contributed by atoms with Crippen LogP contribution in [0, 0.1) is 0 Å². The van der Waals surface area contributed by atoms with Gasteiger partial charge in [0.2, 0.25) is 0 Å². The highest BCUT2D eigenvalue weighted by Crippen LogP contribution is 2.26. The zero-order valence-corrected chi connectivity index (χ0v) is 13.2. The van der Waals surface area contributed by atoms with Gasteiger partial charge in [-0.25, -0.2) is 4.98 Å². The molecular weight excluding hydrogens is 330 g/mol. The Balaban J connectivity index is 1.84. The van der Waals surface area contributed by atoms with Crippen molar-refractivity contribution in [2.75, 3.05) is 26.3 Å². The lowest BCUT2D eigenvalue weighted by Gasteiger charge is -2.26.